The zero-order valence-electron chi connectivity index (χ0n) is 8.40. The maximum Gasteiger partial charge on any atom is -0.00425 e. The third kappa shape index (κ3) is 2.98. The lowest BCUT2D eigenvalue weighted by atomic mass is 9.75. The molecule has 0 amide bonds. The maximum atomic E-state index is 5.45. The van der Waals surface area contributed by atoms with E-state index >= 15 is 0 Å². The lowest BCUT2D eigenvalue weighted by Crippen LogP contribution is -2.16. The Bertz CT molecular complexity index is 156. The van der Waals surface area contributed by atoms with Gasteiger partial charge < -0.3 is 5.73 Å². The van der Waals surface area contributed by atoms with Crippen LogP contribution in [-0.2, 0) is 0 Å². The first-order valence-corrected chi connectivity index (χ1v) is 5.02. The highest BCUT2D eigenvalue weighted by atomic mass is 14.5. The molecule has 70 valence electrons. The molecule has 1 saturated carbocycles. The Balaban J connectivity index is 2.35. The Morgan fingerprint density at radius 2 is 1.92 bits per heavy atom. The molecule has 1 heteroatoms. The summed E-state index contributed by atoms with van der Waals surface area (Å²) >= 11 is 0. The van der Waals surface area contributed by atoms with Crippen molar-refractivity contribution in [3.05, 3.63) is 11.6 Å². The van der Waals surface area contributed by atoms with Gasteiger partial charge in [0.25, 0.3) is 0 Å². The van der Waals surface area contributed by atoms with E-state index in [0.717, 1.165) is 13.0 Å². The first kappa shape index (κ1) is 9.79. The van der Waals surface area contributed by atoms with Gasteiger partial charge >= 0.3 is 0 Å². The van der Waals surface area contributed by atoms with Crippen LogP contribution in [0.3, 0.4) is 0 Å². The predicted octanol–water partition coefficient (Wildman–Crippen LogP) is 2.86. The van der Waals surface area contributed by atoms with Gasteiger partial charge in [0, 0.05) is 0 Å². The van der Waals surface area contributed by atoms with Crippen molar-refractivity contribution in [2.45, 2.75) is 46.0 Å². The minimum atomic E-state index is 0.583. The molecule has 12 heavy (non-hydrogen) atoms. The van der Waals surface area contributed by atoms with Crippen molar-refractivity contribution in [1.29, 1.82) is 0 Å². The van der Waals surface area contributed by atoms with Crippen LogP contribution in [0.5, 0.6) is 0 Å². The molecule has 1 rings (SSSR count). The molecule has 2 N–H and O–H groups in total. The SMILES string of the molecule is CC1(C)CCC(=CCCN)CC1. The summed E-state index contributed by atoms with van der Waals surface area (Å²) < 4.78 is 0. The molecule has 0 saturated heterocycles. The van der Waals surface area contributed by atoms with Crippen molar-refractivity contribution in [3.8, 4) is 0 Å². The van der Waals surface area contributed by atoms with Crippen molar-refractivity contribution in [2.75, 3.05) is 6.54 Å². The highest BCUT2D eigenvalue weighted by Gasteiger charge is 2.22. The third-order valence-corrected chi connectivity index (χ3v) is 2.85. The third-order valence-electron chi connectivity index (χ3n) is 2.85. The van der Waals surface area contributed by atoms with E-state index in [0.29, 0.717) is 5.41 Å². The molecule has 1 aliphatic carbocycles. The average molecular weight is 167 g/mol. The van der Waals surface area contributed by atoms with Gasteiger partial charge in [-0.1, -0.05) is 25.5 Å². The zero-order valence-corrected chi connectivity index (χ0v) is 8.40. The summed E-state index contributed by atoms with van der Waals surface area (Å²) in [4.78, 5) is 0. The first-order valence-electron chi connectivity index (χ1n) is 5.02. The van der Waals surface area contributed by atoms with Gasteiger partial charge in [0.15, 0.2) is 0 Å². The number of hydrogen-bond donors (Lipinski definition) is 1. The molecule has 0 heterocycles. The summed E-state index contributed by atoms with van der Waals surface area (Å²) in [6.45, 7) is 5.53. The molecule has 0 aromatic rings. The van der Waals surface area contributed by atoms with Gasteiger partial charge in [-0.15, -0.1) is 0 Å². The van der Waals surface area contributed by atoms with Crippen LogP contribution < -0.4 is 5.73 Å². The van der Waals surface area contributed by atoms with E-state index in [1.807, 2.05) is 0 Å². The summed E-state index contributed by atoms with van der Waals surface area (Å²) in [5.41, 5.74) is 7.68. The zero-order chi connectivity index (χ0) is 9.03. The Labute approximate surface area is 76.0 Å². The summed E-state index contributed by atoms with van der Waals surface area (Å²) in [7, 11) is 0. The average Bonchev–Trinajstić information content (AvgIpc) is 2.03. The summed E-state index contributed by atoms with van der Waals surface area (Å²) in [5, 5.41) is 0. The van der Waals surface area contributed by atoms with Crippen LogP contribution in [0.2, 0.25) is 0 Å². The fraction of sp³-hybridized carbons (Fsp3) is 0.818. The van der Waals surface area contributed by atoms with Crippen molar-refractivity contribution >= 4 is 0 Å². The molecule has 0 spiro atoms. The van der Waals surface area contributed by atoms with E-state index in [2.05, 4.69) is 19.9 Å². The fourth-order valence-corrected chi connectivity index (χ4v) is 1.74. The van der Waals surface area contributed by atoms with E-state index in [-0.39, 0.29) is 0 Å². The molecule has 1 nitrogen and oxygen atoms in total. The van der Waals surface area contributed by atoms with Crippen LogP contribution in [0, 0.1) is 5.41 Å². The number of rotatable bonds is 2. The molecule has 0 aromatic heterocycles. The second kappa shape index (κ2) is 4.08. The second-order valence-electron chi connectivity index (χ2n) is 4.60. The van der Waals surface area contributed by atoms with Gasteiger partial charge in [0.2, 0.25) is 0 Å². The van der Waals surface area contributed by atoms with Crippen LogP contribution in [0.1, 0.15) is 46.0 Å². The minimum Gasteiger partial charge on any atom is -0.330 e. The Hall–Kier alpha value is -0.300. The molecule has 0 radical (unpaired) electrons. The van der Waals surface area contributed by atoms with Gasteiger partial charge in [-0.05, 0) is 44.1 Å². The largest absolute Gasteiger partial charge is 0.330 e. The highest BCUT2D eigenvalue weighted by molar-refractivity contribution is 5.06. The van der Waals surface area contributed by atoms with E-state index in [1.54, 1.807) is 5.57 Å². The van der Waals surface area contributed by atoms with Crippen molar-refractivity contribution in [3.63, 3.8) is 0 Å². The van der Waals surface area contributed by atoms with E-state index in [9.17, 15) is 0 Å². The molecule has 1 fully saturated rings. The molecular formula is C11H21N. The minimum absolute atomic E-state index is 0.583. The van der Waals surface area contributed by atoms with E-state index in [4.69, 9.17) is 5.73 Å². The fourth-order valence-electron chi connectivity index (χ4n) is 1.74. The van der Waals surface area contributed by atoms with Crippen LogP contribution in [0.25, 0.3) is 0 Å². The highest BCUT2D eigenvalue weighted by Crippen LogP contribution is 2.37. The van der Waals surface area contributed by atoms with Crippen molar-refractivity contribution < 1.29 is 0 Å². The van der Waals surface area contributed by atoms with Gasteiger partial charge in [-0.2, -0.15) is 0 Å². The Kier molecular flexibility index (Phi) is 3.33. The lowest BCUT2D eigenvalue weighted by molar-refractivity contribution is 0.278. The summed E-state index contributed by atoms with van der Waals surface area (Å²) in [6, 6.07) is 0. The number of nitrogens with two attached hydrogens (primary N) is 1. The van der Waals surface area contributed by atoms with Crippen LogP contribution in [-0.4, -0.2) is 6.54 Å². The van der Waals surface area contributed by atoms with Crippen molar-refractivity contribution in [1.82, 2.24) is 0 Å². The molecule has 0 bridgehead atoms. The monoisotopic (exact) mass is 167 g/mol. The van der Waals surface area contributed by atoms with Gasteiger partial charge in [-0.3, -0.25) is 0 Å². The normalized spacial score (nSPS) is 22.4. The molecular weight excluding hydrogens is 146 g/mol. The second-order valence-corrected chi connectivity index (χ2v) is 4.60. The van der Waals surface area contributed by atoms with Crippen molar-refractivity contribution in [2.24, 2.45) is 11.1 Å². The smallest absolute Gasteiger partial charge is 0.00425 e. The summed E-state index contributed by atoms with van der Waals surface area (Å²) in [6.07, 6.45) is 8.71. The molecule has 0 aliphatic heterocycles. The van der Waals surface area contributed by atoms with Crippen LogP contribution >= 0.6 is 0 Å². The maximum absolute atomic E-state index is 5.45. The molecule has 0 unspecified atom stereocenters. The van der Waals surface area contributed by atoms with E-state index in [1.165, 1.54) is 25.7 Å². The number of hydrogen-bond acceptors (Lipinski definition) is 1. The molecule has 1 aliphatic rings. The van der Waals surface area contributed by atoms with Gasteiger partial charge in [0.1, 0.15) is 0 Å². The first-order chi connectivity index (χ1) is 5.64. The number of allylic oxidation sites excluding steroid dienone is 1. The van der Waals surface area contributed by atoms with Crippen LogP contribution in [0.15, 0.2) is 11.6 Å². The predicted molar refractivity (Wildman–Crippen MR) is 54.0 cm³/mol. The van der Waals surface area contributed by atoms with E-state index < -0.39 is 0 Å². The van der Waals surface area contributed by atoms with Crippen LogP contribution in [0.4, 0.5) is 0 Å². The van der Waals surface area contributed by atoms with Gasteiger partial charge in [-0.25, -0.2) is 0 Å². The van der Waals surface area contributed by atoms with Gasteiger partial charge in [0.05, 0.1) is 0 Å². The quantitative estimate of drug-likeness (QED) is 0.629. The molecule has 0 aromatic carbocycles. The molecule has 0 atom stereocenters. The Morgan fingerprint density at radius 1 is 1.33 bits per heavy atom. The Morgan fingerprint density at radius 3 is 2.42 bits per heavy atom. The topological polar surface area (TPSA) is 26.0 Å². The standard InChI is InChI=1S/C11H21N/c1-11(2)7-5-10(6-8-11)4-3-9-12/h4H,3,5-9,12H2,1-2H3. The summed E-state index contributed by atoms with van der Waals surface area (Å²) in [5.74, 6) is 0. The lowest BCUT2D eigenvalue weighted by Gasteiger charge is -2.30.